The average Bonchev–Trinajstić information content (AvgIpc) is 2.34. The van der Waals surface area contributed by atoms with E-state index in [1.807, 2.05) is 0 Å². The number of methoxy groups -OCH3 is 1. The minimum atomic E-state index is -4.72. The van der Waals surface area contributed by atoms with Crippen molar-refractivity contribution in [3.63, 3.8) is 0 Å². The van der Waals surface area contributed by atoms with Crippen LogP contribution in [0.4, 0.5) is 13.2 Å². The normalized spacial score (nSPS) is 13.1. The molecule has 6 heteroatoms. The Morgan fingerprint density at radius 3 is 2.32 bits per heavy atom. The molecule has 3 nitrogen and oxygen atoms in total. The molecule has 19 heavy (non-hydrogen) atoms. The Kier molecular flexibility index (Phi) is 5.35. The minimum Gasteiger partial charge on any atom is -0.406 e. The van der Waals surface area contributed by atoms with Crippen LogP contribution in [-0.4, -0.2) is 25.9 Å². The lowest BCUT2D eigenvalue weighted by Crippen LogP contribution is -2.17. The third kappa shape index (κ3) is 5.30. The SMILES string of the molecule is COCCC(C)C(=O)c1ccc(OC(F)(F)F)cc1. The van der Waals surface area contributed by atoms with Gasteiger partial charge < -0.3 is 9.47 Å². The van der Waals surface area contributed by atoms with Crippen molar-refractivity contribution < 1.29 is 27.4 Å². The van der Waals surface area contributed by atoms with Crippen LogP contribution in [0.15, 0.2) is 24.3 Å². The summed E-state index contributed by atoms with van der Waals surface area (Å²) in [5.74, 6) is -0.710. The van der Waals surface area contributed by atoms with E-state index in [-0.39, 0.29) is 17.5 Å². The van der Waals surface area contributed by atoms with Crippen LogP contribution in [-0.2, 0) is 4.74 Å². The van der Waals surface area contributed by atoms with Gasteiger partial charge in [-0.15, -0.1) is 13.2 Å². The highest BCUT2D eigenvalue weighted by Crippen LogP contribution is 2.23. The second kappa shape index (κ2) is 6.56. The molecule has 1 atom stereocenters. The van der Waals surface area contributed by atoms with Crippen LogP contribution in [0.3, 0.4) is 0 Å². The highest BCUT2D eigenvalue weighted by atomic mass is 19.4. The Morgan fingerprint density at radius 1 is 1.26 bits per heavy atom. The largest absolute Gasteiger partial charge is 0.573 e. The first-order valence-electron chi connectivity index (χ1n) is 5.72. The highest BCUT2D eigenvalue weighted by molar-refractivity contribution is 5.97. The number of hydrogen-bond donors (Lipinski definition) is 0. The molecule has 0 spiro atoms. The number of carbonyl (C=O) groups excluding carboxylic acids is 1. The van der Waals surface area contributed by atoms with Gasteiger partial charge >= 0.3 is 6.36 Å². The van der Waals surface area contributed by atoms with Crippen LogP contribution >= 0.6 is 0 Å². The molecule has 0 heterocycles. The van der Waals surface area contributed by atoms with E-state index in [0.29, 0.717) is 18.6 Å². The fourth-order valence-electron chi connectivity index (χ4n) is 1.53. The molecule has 0 aliphatic heterocycles. The number of ketones is 1. The van der Waals surface area contributed by atoms with E-state index in [1.165, 1.54) is 12.1 Å². The molecule has 0 saturated carbocycles. The van der Waals surface area contributed by atoms with E-state index in [0.717, 1.165) is 12.1 Å². The van der Waals surface area contributed by atoms with Gasteiger partial charge in [0.2, 0.25) is 0 Å². The van der Waals surface area contributed by atoms with E-state index < -0.39 is 6.36 Å². The molecular weight excluding hydrogens is 261 g/mol. The quantitative estimate of drug-likeness (QED) is 0.747. The van der Waals surface area contributed by atoms with E-state index in [4.69, 9.17) is 4.74 Å². The van der Waals surface area contributed by atoms with Gasteiger partial charge in [0.15, 0.2) is 5.78 Å². The second-order valence-electron chi connectivity index (χ2n) is 4.12. The van der Waals surface area contributed by atoms with Crippen molar-refractivity contribution in [1.82, 2.24) is 0 Å². The molecule has 0 aromatic heterocycles. The maximum absolute atomic E-state index is 12.0. The fraction of sp³-hybridized carbons (Fsp3) is 0.462. The zero-order valence-corrected chi connectivity index (χ0v) is 10.7. The van der Waals surface area contributed by atoms with Gasteiger partial charge in [-0.3, -0.25) is 4.79 Å². The van der Waals surface area contributed by atoms with Crippen molar-refractivity contribution in [1.29, 1.82) is 0 Å². The van der Waals surface area contributed by atoms with Crippen molar-refractivity contribution in [2.24, 2.45) is 5.92 Å². The van der Waals surface area contributed by atoms with Gasteiger partial charge in [0.25, 0.3) is 0 Å². The van der Waals surface area contributed by atoms with Crippen molar-refractivity contribution >= 4 is 5.78 Å². The number of benzene rings is 1. The molecule has 0 fully saturated rings. The van der Waals surface area contributed by atoms with Crippen LogP contribution in [0.5, 0.6) is 5.75 Å². The smallest absolute Gasteiger partial charge is 0.406 e. The summed E-state index contributed by atoms with van der Waals surface area (Å²) in [6, 6.07) is 4.91. The van der Waals surface area contributed by atoms with Gasteiger partial charge in [-0.25, -0.2) is 0 Å². The molecule has 1 rings (SSSR count). The Bertz CT molecular complexity index is 412. The maximum Gasteiger partial charge on any atom is 0.573 e. The second-order valence-corrected chi connectivity index (χ2v) is 4.12. The van der Waals surface area contributed by atoms with E-state index in [9.17, 15) is 18.0 Å². The topological polar surface area (TPSA) is 35.5 Å². The monoisotopic (exact) mass is 276 g/mol. The first kappa shape index (κ1) is 15.5. The lowest BCUT2D eigenvalue weighted by molar-refractivity contribution is -0.274. The summed E-state index contributed by atoms with van der Waals surface area (Å²) in [5, 5.41) is 0. The molecule has 0 amide bonds. The fourth-order valence-corrected chi connectivity index (χ4v) is 1.53. The zero-order chi connectivity index (χ0) is 14.5. The molecule has 0 N–H and O–H groups in total. The van der Waals surface area contributed by atoms with Gasteiger partial charge in [0.05, 0.1) is 0 Å². The number of rotatable bonds is 6. The van der Waals surface area contributed by atoms with E-state index in [1.54, 1.807) is 14.0 Å². The summed E-state index contributed by atoms with van der Waals surface area (Å²) in [6.07, 6.45) is -4.16. The average molecular weight is 276 g/mol. The number of carbonyl (C=O) groups is 1. The molecular formula is C13H15F3O3. The summed E-state index contributed by atoms with van der Waals surface area (Å²) in [7, 11) is 1.54. The third-order valence-electron chi connectivity index (χ3n) is 2.57. The number of alkyl halides is 3. The van der Waals surface area contributed by atoms with E-state index in [2.05, 4.69) is 4.74 Å². The minimum absolute atomic E-state index is 0.129. The van der Waals surface area contributed by atoms with Gasteiger partial charge in [-0.2, -0.15) is 0 Å². The van der Waals surface area contributed by atoms with Gasteiger partial charge in [0, 0.05) is 25.2 Å². The zero-order valence-electron chi connectivity index (χ0n) is 10.7. The predicted molar refractivity (Wildman–Crippen MR) is 63.1 cm³/mol. The molecule has 1 unspecified atom stereocenters. The molecule has 106 valence electrons. The molecule has 0 aliphatic rings. The van der Waals surface area contributed by atoms with Crippen molar-refractivity contribution in [2.75, 3.05) is 13.7 Å². The van der Waals surface area contributed by atoms with E-state index >= 15 is 0 Å². The molecule has 0 bridgehead atoms. The number of Topliss-reactive ketones (excluding diaryl/α,β-unsaturated/α-hetero) is 1. The summed E-state index contributed by atoms with van der Waals surface area (Å²) < 4.78 is 44.5. The van der Waals surface area contributed by atoms with Crippen LogP contribution < -0.4 is 4.74 Å². The lowest BCUT2D eigenvalue weighted by atomic mass is 9.97. The highest BCUT2D eigenvalue weighted by Gasteiger charge is 2.31. The number of halogens is 3. The first-order valence-corrected chi connectivity index (χ1v) is 5.72. The number of ether oxygens (including phenoxy) is 2. The van der Waals surface area contributed by atoms with Gasteiger partial charge in [0.1, 0.15) is 5.75 Å². The van der Waals surface area contributed by atoms with Crippen LogP contribution in [0, 0.1) is 5.92 Å². The third-order valence-corrected chi connectivity index (χ3v) is 2.57. The van der Waals surface area contributed by atoms with Crippen LogP contribution in [0.1, 0.15) is 23.7 Å². The Labute approximate surface area is 109 Å². The summed E-state index contributed by atoms with van der Waals surface area (Å²) >= 11 is 0. The van der Waals surface area contributed by atoms with Crippen molar-refractivity contribution in [3.05, 3.63) is 29.8 Å². The Morgan fingerprint density at radius 2 is 1.84 bits per heavy atom. The molecule has 0 saturated heterocycles. The van der Waals surface area contributed by atoms with Gasteiger partial charge in [-0.05, 0) is 30.7 Å². The molecule has 0 radical (unpaired) electrons. The Hall–Kier alpha value is -1.56. The van der Waals surface area contributed by atoms with Crippen molar-refractivity contribution in [3.8, 4) is 5.75 Å². The number of hydrogen-bond acceptors (Lipinski definition) is 3. The Balaban J connectivity index is 2.68. The molecule has 1 aromatic carbocycles. The van der Waals surface area contributed by atoms with Crippen molar-refractivity contribution in [2.45, 2.75) is 19.7 Å². The standard InChI is InChI=1S/C13H15F3O3/c1-9(7-8-18-2)12(17)10-3-5-11(6-4-10)19-13(14,15)16/h3-6,9H,7-8H2,1-2H3. The first-order chi connectivity index (χ1) is 8.83. The summed E-state index contributed by atoms with van der Waals surface area (Å²) in [4.78, 5) is 11.9. The molecule has 1 aromatic rings. The lowest BCUT2D eigenvalue weighted by Gasteiger charge is -2.11. The summed E-state index contributed by atoms with van der Waals surface area (Å²) in [5.41, 5.74) is 0.359. The molecule has 0 aliphatic carbocycles. The van der Waals surface area contributed by atoms with Crippen LogP contribution in [0.2, 0.25) is 0 Å². The summed E-state index contributed by atoms with van der Waals surface area (Å²) in [6.45, 7) is 2.21. The maximum atomic E-state index is 12.0. The predicted octanol–water partition coefficient (Wildman–Crippen LogP) is 3.44. The van der Waals surface area contributed by atoms with Gasteiger partial charge in [-0.1, -0.05) is 6.92 Å². The van der Waals surface area contributed by atoms with Crippen LogP contribution in [0.25, 0.3) is 0 Å².